The van der Waals surface area contributed by atoms with Crippen LogP contribution >= 0.6 is 0 Å². The van der Waals surface area contributed by atoms with Crippen LogP contribution in [0.25, 0.3) is 6.08 Å². The maximum atomic E-state index is 12.2. The number of carbonyl (C=O) groups excluding carboxylic acids is 1. The molecule has 32 heavy (non-hydrogen) atoms. The maximum Gasteiger partial charge on any atom is 0.222 e. The van der Waals surface area contributed by atoms with Crippen LogP contribution in [0.4, 0.5) is 0 Å². The van der Waals surface area contributed by atoms with Gasteiger partial charge in [-0.15, -0.1) is 0 Å². The molecule has 0 saturated carbocycles. The van der Waals surface area contributed by atoms with Crippen molar-refractivity contribution in [2.75, 3.05) is 41.0 Å². The van der Waals surface area contributed by atoms with Gasteiger partial charge < -0.3 is 24.8 Å². The first-order valence-electron chi connectivity index (χ1n) is 11.6. The topological polar surface area (TPSA) is 78.9 Å². The molecule has 0 radical (unpaired) electrons. The van der Waals surface area contributed by atoms with Crippen LogP contribution in [0.2, 0.25) is 0 Å². The third-order valence-corrected chi connectivity index (χ3v) is 5.78. The van der Waals surface area contributed by atoms with Crippen molar-refractivity contribution in [3.8, 4) is 0 Å². The van der Waals surface area contributed by atoms with Gasteiger partial charge >= 0.3 is 0 Å². The molecule has 1 unspecified atom stereocenters. The van der Waals surface area contributed by atoms with Gasteiger partial charge in [0.25, 0.3) is 0 Å². The molecule has 1 amide bonds. The molecule has 1 aromatic rings. The number of hydrogen-bond acceptors (Lipinski definition) is 5. The van der Waals surface area contributed by atoms with E-state index < -0.39 is 0 Å². The Bertz CT molecular complexity index is 797. The predicted octanol–water partition coefficient (Wildman–Crippen LogP) is 3.91. The highest BCUT2D eigenvalue weighted by Crippen LogP contribution is 2.21. The van der Waals surface area contributed by atoms with Crippen molar-refractivity contribution >= 4 is 17.7 Å². The lowest BCUT2D eigenvalue weighted by Crippen LogP contribution is -2.26. The Kier molecular flexibility index (Phi) is 11.2. The molecule has 178 valence electrons. The van der Waals surface area contributed by atoms with Crippen LogP contribution in [0.3, 0.4) is 0 Å². The van der Waals surface area contributed by atoms with Crippen molar-refractivity contribution in [3.63, 3.8) is 0 Å². The van der Waals surface area contributed by atoms with E-state index in [1.165, 1.54) is 0 Å². The Labute approximate surface area is 192 Å². The Morgan fingerprint density at radius 2 is 2.19 bits per heavy atom. The van der Waals surface area contributed by atoms with Gasteiger partial charge in [-0.05, 0) is 49.3 Å². The number of methoxy groups -OCH3 is 2. The van der Waals surface area contributed by atoms with Gasteiger partial charge in [0.15, 0.2) is 0 Å². The molecule has 1 aliphatic heterocycles. The molecule has 2 rings (SSSR count). The maximum absolute atomic E-state index is 12.2. The van der Waals surface area contributed by atoms with Crippen LogP contribution in [0, 0.1) is 0 Å². The lowest BCUT2D eigenvalue weighted by molar-refractivity contribution is -0.129. The lowest BCUT2D eigenvalue weighted by Gasteiger charge is -2.19. The Morgan fingerprint density at radius 1 is 1.38 bits per heavy atom. The number of amides is 1. The first-order valence-corrected chi connectivity index (χ1v) is 11.6. The van der Waals surface area contributed by atoms with Gasteiger partial charge in [-0.1, -0.05) is 25.7 Å². The number of H-pyrrole nitrogens is 1. The molecule has 0 aromatic carbocycles. The van der Waals surface area contributed by atoms with Gasteiger partial charge in [0.05, 0.1) is 11.8 Å². The summed E-state index contributed by atoms with van der Waals surface area (Å²) < 4.78 is 10.7. The van der Waals surface area contributed by atoms with E-state index in [0.29, 0.717) is 19.6 Å². The molecule has 0 bridgehead atoms. The summed E-state index contributed by atoms with van der Waals surface area (Å²) >= 11 is 0. The second-order valence-corrected chi connectivity index (χ2v) is 8.27. The van der Waals surface area contributed by atoms with Crippen LogP contribution in [0.15, 0.2) is 29.4 Å². The standard InChI is InChI=1S/C25H40N4O3/c1-6-22-20(11-9-15-29(3)24(30)13-10-16-31-4)18-23(27-22)25-19(2)17-21(32-5)12-7-8-14-26-28-25/h9,11,18,21,26-27H,2,6-8,10,12-17H2,1,3-5H3/b11-9-,28-25+. The van der Waals surface area contributed by atoms with E-state index in [1.807, 2.05) is 13.1 Å². The van der Waals surface area contributed by atoms with E-state index >= 15 is 0 Å². The van der Waals surface area contributed by atoms with Crippen molar-refractivity contribution in [3.05, 3.63) is 41.2 Å². The third kappa shape index (κ3) is 7.95. The summed E-state index contributed by atoms with van der Waals surface area (Å²) in [6.07, 6.45) is 10.4. The molecule has 1 aliphatic rings. The lowest BCUT2D eigenvalue weighted by atomic mass is 9.99. The zero-order valence-electron chi connectivity index (χ0n) is 20.2. The summed E-state index contributed by atoms with van der Waals surface area (Å²) in [7, 11) is 5.25. The van der Waals surface area contributed by atoms with Crippen LogP contribution < -0.4 is 5.43 Å². The number of nitrogens with zero attached hydrogens (tertiary/aromatic N) is 2. The van der Waals surface area contributed by atoms with Crippen molar-refractivity contribution < 1.29 is 14.3 Å². The zero-order valence-corrected chi connectivity index (χ0v) is 20.2. The second kappa shape index (κ2) is 13.9. The minimum atomic E-state index is 0.128. The number of carbonyl (C=O) groups is 1. The van der Waals surface area contributed by atoms with E-state index in [4.69, 9.17) is 9.47 Å². The molecule has 1 aromatic heterocycles. The Balaban J connectivity index is 2.11. The summed E-state index contributed by atoms with van der Waals surface area (Å²) in [5.74, 6) is 0.128. The summed E-state index contributed by atoms with van der Waals surface area (Å²) in [6.45, 7) is 8.45. The van der Waals surface area contributed by atoms with E-state index in [0.717, 1.165) is 73.3 Å². The van der Waals surface area contributed by atoms with Gasteiger partial charge in [0.2, 0.25) is 5.91 Å². The molecule has 0 spiro atoms. The van der Waals surface area contributed by atoms with Crippen molar-refractivity contribution in [2.24, 2.45) is 5.10 Å². The van der Waals surface area contributed by atoms with Crippen molar-refractivity contribution in [1.82, 2.24) is 15.3 Å². The Morgan fingerprint density at radius 3 is 2.91 bits per heavy atom. The van der Waals surface area contributed by atoms with Crippen LogP contribution in [0.1, 0.15) is 62.4 Å². The number of nitrogens with one attached hydrogen (secondary N) is 2. The summed E-state index contributed by atoms with van der Waals surface area (Å²) in [6, 6.07) is 2.12. The predicted molar refractivity (Wildman–Crippen MR) is 131 cm³/mol. The number of hydrazone groups is 1. The first-order chi connectivity index (χ1) is 15.5. The highest BCUT2D eigenvalue weighted by atomic mass is 16.5. The molecule has 0 aliphatic carbocycles. The van der Waals surface area contributed by atoms with Gasteiger partial charge in [-0.2, -0.15) is 5.10 Å². The quantitative estimate of drug-likeness (QED) is 0.536. The summed E-state index contributed by atoms with van der Waals surface area (Å²) in [5, 5.41) is 4.65. The SMILES string of the molecule is C=C1CC(OC)CCCCN/N=C\1c1cc(/C=C\CN(C)C(=O)CCCOC)c(CC)[nH]1. The average molecular weight is 445 g/mol. The number of aryl methyl sites for hydroxylation is 1. The molecule has 1 atom stereocenters. The highest BCUT2D eigenvalue weighted by molar-refractivity contribution is 6.11. The van der Waals surface area contributed by atoms with E-state index in [1.54, 1.807) is 19.1 Å². The molecule has 0 saturated heterocycles. The molecule has 2 N–H and O–H groups in total. The molecular weight excluding hydrogens is 404 g/mol. The van der Waals surface area contributed by atoms with Crippen LogP contribution in [-0.2, 0) is 20.7 Å². The average Bonchev–Trinajstić information content (AvgIpc) is 3.20. The number of aromatic amines is 1. The van der Waals surface area contributed by atoms with Crippen LogP contribution in [-0.4, -0.2) is 68.6 Å². The normalized spacial score (nSPS) is 19.4. The van der Waals surface area contributed by atoms with Gasteiger partial charge in [0, 0.05) is 59.5 Å². The zero-order chi connectivity index (χ0) is 23.3. The molecular formula is C25H40N4O3. The summed E-state index contributed by atoms with van der Waals surface area (Å²) in [5.41, 5.74) is 8.23. The van der Waals surface area contributed by atoms with Gasteiger partial charge in [-0.3, -0.25) is 4.79 Å². The van der Waals surface area contributed by atoms with Crippen molar-refractivity contribution in [1.29, 1.82) is 0 Å². The van der Waals surface area contributed by atoms with Gasteiger partial charge in [-0.25, -0.2) is 0 Å². The fourth-order valence-electron chi connectivity index (χ4n) is 3.80. The third-order valence-electron chi connectivity index (χ3n) is 5.78. The second-order valence-electron chi connectivity index (χ2n) is 8.27. The van der Waals surface area contributed by atoms with Crippen molar-refractivity contribution in [2.45, 2.75) is 58.0 Å². The van der Waals surface area contributed by atoms with E-state index in [9.17, 15) is 4.79 Å². The number of aromatic nitrogens is 1. The minimum absolute atomic E-state index is 0.128. The smallest absolute Gasteiger partial charge is 0.222 e. The minimum Gasteiger partial charge on any atom is -0.385 e. The number of rotatable bonds is 10. The fraction of sp³-hybridized carbons (Fsp3) is 0.600. The fourth-order valence-corrected chi connectivity index (χ4v) is 3.80. The van der Waals surface area contributed by atoms with E-state index in [-0.39, 0.29) is 12.0 Å². The molecule has 7 nitrogen and oxygen atoms in total. The number of hydrogen-bond donors (Lipinski definition) is 2. The molecule has 0 fully saturated rings. The number of ether oxygens (including phenoxy) is 2. The first kappa shape index (κ1) is 25.9. The summed E-state index contributed by atoms with van der Waals surface area (Å²) in [4.78, 5) is 17.5. The Hall–Kier alpha value is -2.38. The molecule has 2 heterocycles. The van der Waals surface area contributed by atoms with Gasteiger partial charge in [0.1, 0.15) is 5.71 Å². The largest absolute Gasteiger partial charge is 0.385 e. The number of likely N-dealkylation sites (N-methyl/N-ethyl adjacent to an activating group) is 1. The highest BCUT2D eigenvalue weighted by Gasteiger charge is 2.18. The monoisotopic (exact) mass is 444 g/mol. The van der Waals surface area contributed by atoms with Crippen LogP contribution in [0.5, 0.6) is 0 Å². The van der Waals surface area contributed by atoms with E-state index in [2.05, 4.69) is 41.2 Å². The molecule has 7 heteroatoms.